The van der Waals surface area contributed by atoms with Crippen LogP contribution in [0.3, 0.4) is 0 Å². The number of hydrogen-bond donors (Lipinski definition) is 1. The number of nitrogens with one attached hydrogen (secondary N) is 1. The van der Waals surface area contributed by atoms with Crippen LogP contribution in [0, 0.1) is 0 Å². The van der Waals surface area contributed by atoms with Gasteiger partial charge in [0.15, 0.2) is 5.82 Å². The molecule has 1 aliphatic heterocycles. The number of rotatable bonds is 3. The molecule has 0 amide bonds. The van der Waals surface area contributed by atoms with E-state index in [4.69, 9.17) is 0 Å². The maximum absolute atomic E-state index is 4.32. The van der Waals surface area contributed by atoms with Crippen molar-refractivity contribution in [3.63, 3.8) is 0 Å². The van der Waals surface area contributed by atoms with Gasteiger partial charge in [-0.3, -0.25) is 9.47 Å². The normalized spacial score (nSPS) is 18.4. The van der Waals surface area contributed by atoms with E-state index < -0.39 is 0 Å². The lowest BCUT2D eigenvalue weighted by molar-refractivity contribution is 0.177. The minimum Gasteiger partial charge on any atom is -0.314 e. The third-order valence-electron chi connectivity index (χ3n) is 3.68. The van der Waals surface area contributed by atoms with Crippen molar-refractivity contribution in [3.05, 3.63) is 42.5 Å². The summed E-state index contributed by atoms with van der Waals surface area (Å²) < 4.78 is 2.08. The maximum atomic E-state index is 4.32. The van der Waals surface area contributed by atoms with Crippen LogP contribution >= 0.6 is 0 Å². The van der Waals surface area contributed by atoms with E-state index in [2.05, 4.69) is 44.0 Å². The first-order valence-corrected chi connectivity index (χ1v) is 6.76. The number of benzene rings is 1. The molecule has 1 atom stereocenters. The van der Waals surface area contributed by atoms with E-state index in [1.54, 1.807) is 6.33 Å². The van der Waals surface area contributed by atoms with Gasteiger partial charge in [-0.15, -0.1) is 10.2 Å². The molecule has 5 heteroatoms. The molecule has 100 valence electrons. The number of hydrogen-bond acceptors (Lipinski definition) is 4. The Morgan fingerprint density at radius 3 is 2.63 bits per heavy atom. The van der Waals surface area contributed by atoms with Crippen molar-refractivity contribution >= 4 is 0 Å². The molecule has 2 aromatic rings. The summed E-state index contributed by atoms with van der Waals surface area (Å²) in [6.45, 7) is 6.41. The Bertz CT molecular complexity index is 516. The van der Waals surface area contributed by atoms with Gasteiger partial charge in [0.05, 0.1) is 6.04 Å². The molecule has 5 nitrogen and oxygen atoms in total. The van der Waals surface area contributed by atoms with Crippen LogP contribution < -0.4 is 5.32 Å². The summed E-state index contributed by atoms with van der Waals surface area (Å²) in [7, 11) is 0. The number of piperazine rings is 1. The lowest BCUT2D eigenvalue weighted by atomic mass is 10.2. The minimum atomic E-state index is 0.282. The van der Waals surface area contributed by atoms with Gasteiger partial charge < -0.3 is 5.32 Å². The molecule has 0 saturated carbocycles. The van der Waals surface area contributed by atoms with Crippen molar-refractivity contribution in [1.82, 2.24) is 25.0 Å². The average Bonchev–Trinajstić information content (AvgIpc) is 2.98. The maximum Gasteiger partial charge on any atom is 0.154 e. The van der Waals surface area contributed by atoms with E-state index in [0.29, 0.717) is 0 Å². The summed E-state index contributed by atoms with van der Waals surface area (Å²) in [4.78, 5) is 2.44. The highest BCUT2D eigenvalue weighted by molar-refractivity contribution is 5.32. The summed E-state index contributed by atoms with van der Waals surface area (Å²) >= 11 is 0. The molecule has 19 heavy (non-hydrogen) atoms. The highest BCUT2D eigenvalue weighted by Gasteiger charge is 2.22. The van der Waals surface area contributed by atoms with Crippen molar-refractivity contribution in [3.8, 4) is 5.69 Å². The zero-order chi connectivity index (χ0) is 13.1. The summed E-state index contributed by atoms with van der Waals surface area (Å²) in [6, 6.07) is 10.5. The molecule has 1 aliphatic rings. The summed E-state index contributed by atoms with van der Waals surface area (Å²) in [6.07, 6.45) is 1.80. The molecule has 0 radical (unpaired) electrons. The van der Waals surface area contributed by atoms with Crippen molar-refractivity contribution in [2.24, 2.45) is 0 Å². The standard InChI is InChI=1S/C14H19N5/c1-12(18-9-7-15-8-10-18)14-17-16-11-19(14)13-5-3-2-4-6-13/h2-6,11-12,15H,7-10H2,1H3. The Kier molecular flexibility index (Phi) is 3.57. The molecule has 0 aliphatic carbocycles. The molecule has 1 fully saturated rings. The first-order valence-electron chi connectivity index (χ1n) is 6.76. The third-order valence-corrected chi connectivity index (χ3v) is 3.68. The number of nitrogens with zero attached hydrogens (tertiary/aromatic N) is 4. The van der Waals surface area contributed by atoms with Crippen LogP contribution in [0.2, 0.25) is 0 Å². The highest BCUT2D eigenvalue weighted by Crippen LogP contribution is 2.21. The lowest BCUT2D eigenvalue weighted by Crippen LogP contribution is -2.44. The Morgan fingerprint density at radius 2 is 1.89 bits per heavy atom. The lowest BCUT2D eigenvalue weighted by Gasteiger charge is -2.32. The van der Waals surface area contributed by atoms with E-state index >= 15 is 0 Å². The van der Waals surface area contributed by atoms with E-state index in [1.165, 1.54) is 0 Å². The molecular formula is C14H19N5. The molecule has 1 N–H and O–H groups in total. The second kappa shape index (κ2) is 5.50. The zero-order valence-corrected chi connectivity index (χ0v) is 11.2. The highest BCUT2D eigenvalue weighted by atomic mass is 15.3. The predicted molar refractivity (Wildman–Crippen MR) is 74.2 cm³/mol. The molecular weight excluding hydrogens is 238 g/mol. The second-order valence-corrected chi connectivity index (χ2v) is 4.86. The Labute approximate surface area is 113 Å². The van der Waals surface area contributed by atoms with Gasteiger partial charge in [-0.2, -0.15) is 0 Å². The van der Waals surface area contributed by atoms with Gasteiger partial charge in [-0.05, 0) is 19.1 Å². The van der Waals surface area contributed by atoms with Gasteiger partial charge in [0.1, 0.15) is 6.33 Å². The van der Waals surface area contributed by atoms with Crippen LogP contribution in [-0.2, 0) is 0 Å². The minimum absolute atomic E-state index is 0.282. The van der Waals surface area contributed by atoms with E-state index in [1.807, 2.05) is 18.2 Å². The van der Waals surface area contributed by atoms with Gasteiger partial charge >= 0.3 is 0 Å². The molecule has 3 rings (SSSR count). The second-order valence-electron chi connectivity index (χ2n) is 4.86. The van der Waals surface area contributed by atoms with Crippen LogP contribution in [0.15, 0.2) is 36.7 Å². The van der Waals surface area contributed by atoms with Gasteiger partial charge in [0, 0.05) is 31.9 Å². The summed E-state index contributed by atoms with van der Waals surface area (Å²) in [5, 5.41) is 11.8. The summed E-state index contributed by atoms with van der Waals surface area (Å²) in [5.74, 6) is 1.01. The molecule has 1 aromatic carbocycles. The first kappa shape index (κ1) is 12.3. The van der Waals surface area contributed by atoms with Crippen LogP contribution in [0.1, 0.15) is 18.8 Å². The topological polar surface area (TPSA) is 46.0 Å². The molecule has 0 spiro atoms. The Balaban J connectivity index is 1.87. The SMILES string of the molecule is CC(c1nncn1-c1ccccc1)N1CCNCC1. The fourth-order valence-electron chi connectivity index (χ4n) is 2.55. The third kappa shape index (κ3) is 2.52. The van der Waals surface area contributed by atoms with Crippen LogP contribution in [0.5, 0.6) is 0 Å². The molecule has 1 unspecified atom stereocenters. The average molecular weight is 257 g/mol. The van der Waals surface area contributed by atoms with Crippen molar-refractivity contribution in [1.29, 1.82) is 0 Å². The van der Waals surface area contributed by atoms with Gasteiger partial charge in [-0.25, -0.2) is 0 Å². The van der Waals surface area contributed by atoms with Crippen molar-refractivity contribution in [2.75, 3.05) is 26.2 Å². The smallest absolute Gasteiger partial charge is 0.154 e. The largest absolute Gasteiger partial charge is 0.314 e. The van der Waals surface area contributed by atoms with Gasteiger partial charge in [-0.1, -0.05) is 18.2 Å². The van der Waals surface area contributed by atoms with Crippen LogP contribution in [0.4, 0.5) is 0 Å². The van der Waals surface area contributed by atoms with Crippen LogP contribution in [0.25, 0.3) is 5.69 Å². The Hall–Kier alpha value is -1.72. The molecule has 1 saturated heterocycles. The molecule has 0 bridgehead atoms. The monoisotopic (exact) mass is 257 g/mol. The quantitative estimate of drug-likeness (QED) is 0.898. The van der Waals surface area contributed by atoms with E-state index in [9.17, 15) is 0 Å². The summed E-state index contributed by atoms with van der Waals surface area (Å²) in [5.41, 5.74) is 1.12. The first-order chi connectivity index (χ1) is 9.36. The number of aromatic nitrogens is 3. The molecule has 1 aromatic heterocycles. The predicted octanol–water partition coefficient (Wildman–Crippen LogP) is 1.23. The van der Waals surface area contributed by atoms with E-state index in [0.717, 1.165) is 37.7 Å². The molecule has 2 heterocycles. The fraction of sp³-hybridized carbons (Fsp3) is 0.429. The van der Waals surface area contributed by atoms with Gasteiger partial charge in [0.2, 0.25) is 0 Å². The van der Waals surface area contributed by atoms with E-state index in [-0.39, 0.29) is 6.04 Å². The van der Waals surface area contributed by atoms with Gasteiger partial charge in [0.25, 0.3) is 0 Å². The van der Waals surface area contributed by atoms with Crippen LogP contribution in [-0.4, -0.2) is 45.8 Å². The zero-order valence-electron chi connectivity index (χ0n) is 11.2. The Morgan fingerprint density at radius 1 is 1.16 bits per heavy atom. The number of para-hydroxylation sites is 1. The van der Waals surface area contributed by atoms with Crippen molar-refractivity contribution in [2.45, 2.75) is 13.0 Å². The fourth-order valence-corrected chi connectivity index (χ4v) is 2.55. The van der Waals surface area contributed by atoms with Crippen molar-refractivity contribution < 1.29 is 0 Å².